The minimum absolute atomic E-state index is 0.0367. The van der Waals surface area contributed by atoms with E-state index in [2.05, 4.69) is 4.99 Å². The molecule has 1 aliphatic rings. The van der Waals surface area contributed by atoms with E-state index in [0.29, 0.717) is 12.1 Å². The van der Waals surface area contributed by atoms with Crippen molar-refractivity contribution in [3.63, 3.8) is 0 Å². The minimum Gasteiger partial charge on any atom is -0.349 e. The van der Waals surface area contributed by atoms with Gasteiger partial charge in [0, 0.05) is 51.8 Å². The molecule has 0 aliphatic carbocycles. The zero-order valence-corrected chi connectivity index (χ0v) is 15.1. The molecule has 1 heterocycles. The van der Waals surface area contributed by atoms with E-state index in [1.807, 2.05) is 0 Å². The lowest BCUT2D eigenvalue weighted by Gasteiger charge is -2.37. The van der Waals surface area contributed by atoms with Crippen LogP contribution in [-0.2, 0) is 11.2 Å². The number of alkyl halides is 3. The number of nitrogens with two attached hydrogens (primary N) is 1. The average Bonchev–Trinajstić information content (AvgIpc) is 2.59. The summed E-state index contributed by atoms with van der Waals surface area (Å²) in [5.74, 6) is -4.90. The summed E-state index contributed by atoms with van der Waals surface area (Å²) in [6, 6.07) is 0.246. The first-order valence-electron chi connectivity index (χ1n) is 8.48. The van der Waals surface area contributed by atoms with Crippen molar-refractivity contribution < 1.29 is 31.1 Å². The molecule has 2 rings (SSSR count). The molecular weight excluding hydrogens is 390 g/mol. The molecule has 1 saturated heterocycles. The van der Waals surface area contributed by atoms with E-state index < -0.39 is 41.4 Å². The monoisotopic (exact) mass is 410 g/mol. The van der Waals surface area contributed by atoms with Crippen molar-refractivity contribution in [1.82, 2.24) is 9.80 Å². The van der Waals surface area contributed by atoms with Gasteiger partial charge in [-0.25, -0.2) is 13.2 Å². The number of halogens is 6. The van der Waals surface area contributed by atoms with Gasteiger partial charge in [-0.3, -0.25) is 9.79 Å². The summed E-state index contributed by atoms with van der Waals surface area (Å²) in [7, 11) is 1.05. The molecule has 0 bridgehead atoms. The predicted molar refractivity (Wildman–Crippen MR) is 90.2 cm³/mol. The van der Waals surface area contributed by atoms with E-state index in [1.165, 1.54) is 4.90 Å². The lowest BCUT2D eigenvalue weighted by atomic mass is 10.0. The van der Waals surface area contributed by atoms with E-state index in [-0.39, 0.29) is 44.6 Å². The number of hydrogen-bond donors (Lipinski definition) is 1. The second-order valence-corrected chi connectivity index (χ2v) is 6.44. The molecule has 1 atom stereocenters. The van der Waals surface area contributed by atoms with Gasteiger partial charge in [0.05, 0.1) is 0 Å². The average molecular weight is 410 g/mol. The molecule has 0 spiro atoms. The number of nitrogens with zero attached hydrogens (tertiary/aromatic N) is 3. The van der Waals surface area contributed by atoms with E-state index in [9.17, 15) is 31.1 Å². The SMILES string of the molecule is CN=C(N1CCN(C(=O)C[C@H](N)Cc2cc(F)c(F)cc2F)CC1)C(F)(F)F. The first kappa shape index (κ1) is 22.0. The van der Waals surface area contributed by atoms with Crippen molar-refractivity contribution in [2.24, 2.45) is 10.7 Å². The van der Waals surface area contributed by atoms with Crippen LogP contribution in [0.1, 0.15) is 12.0 Å². The van der Waals surface area contributed by atoms with E-state index in [0.717, 1.165) is 11.9 Å². The van der Waals surface area contributed by atoms with Crippen LogP contribution in [0.15, 0.2) is 17.1 Å². The summed E-state index contributed by atoms with van der Waals surface area (Å²) in [6.07, 6.45) is -4.96. The van der Waals surface area contributed by atoms with Gasteiger partial charge in [0.25, 0.3) is 0 Å². The van der Waals surface area contributed by atoms with Crippen molar-refractivity contribution in [3.05, 3.63) is 35.1 Å². The van der Waals surface area contributed by atoms with Crippen LogP contribution < -0.4 is 5.73 Å². The van der Waals surface area contributed by atoms with Crippen LogP contribution >= 0.6 is 0 Å². The summed E-state index contributed by atoms with van der Waals surface area (Å²) >= 11 is 0. The quantitative estimate of drug-likeness (QED) is 0.358. The Bertz CT molecular complexity index is 744. The Morgan fingerprint density at radius 3 is 2.14 bits per heavy atom. The highest BCUT2D eigenvalue weighted by Crippen LogP contribution is 2.21. The second-order valence-electron chi connectivity index (χ2n) is 6.44. The number of hydrogen-bond acceptors (Lipinski definition) is 3. The van der Waals surface area contributed by atoms with Crippen molar-refractivity contribution in [1.29, 1.82) is 0 Å². The van der Waals surface area contributed by atoms with Gasteiger partial charge in [0.15, 0.2) is 11.6 Å². The number of amidine groups is 1. The Hall–Kier alpha value is -2.30. The van der Waals surface area contributed by atoms with Crippen LogP contribution in [0.4, 0.5) is 26.3 Å². The van der Waals surface area contributed by atoms with Crippen LogP contribution in [0.5, 0.6) is 0 Å². The molecule has 1 fully saturated rings. The van der Waals surface area contributed by atoms with Gasteiger partial charge in [0.2, 0.25) is 11.7 Å². The first-order valence-corrected chi connectivity index (χ1v) is 8.48. The number of aliphatic imine (C=N–C) groups is 1. The number of amides is 1. The van der Waals surface area contributed by atoms with Crippen molar-refractivity contribution in [3.8, 4) is 0 Å². The molecule has 0 saturated carbocycles. The molecule has 28 heavy (non-hydrogen) atoms. The van der Waals surface area contributed by atoms with Crippen molar-refractivity contribution >= 4 is 11.7 Å². The third-order valence-electron chi connectivity index (χ3n) is 4.41. The summed E-state index contributed by atoms with van der Waals surface area (Å²) in [4.78, 5) is 18.0. The summed E-state index contributed by atoms with van der Waals surface area (Å²) in [5, 5.41) is 0. The fraction of sp³-hybridized carbons (Fsp3) is 0.529. The van der Waals surface area contributed by atoms with Gasteiger partial charge in [0.1, 0.15) is 5.82 Å². The molecule has 0 unspecified atom stereocenters. The Morgan fingerprint density at radius 2 is 1.61 bits per heavy atom. The van der Waals surface area contributed by atoms with Crippen LogP contribution in [0.2, 0.25) is 0 Å². The molecule has 156 valence electrons. The van der Waals surface area contributed by atoms with Crippen LogP contribution in [0.25, 0.3) is 0 Å². The maximum Gasteiger partial charge on any atom is 0.449 e. The van der Waals surface area contributed by atoms with Crippen LogP contribution in [-0.4, -0.2) is 67.0 Å². The molecule has 1 aliphatic heterocycles. The largest absolute Gasteiger partial charge is 0.449 e. The Labute approximate surface area is 157 Å². The summed E-state index contributed by atoms with van der Waals surface area (Å²) < 4.78 is 78.5. The molecule has 1 aromatic rings. The van der Waals surface area contributed by atoms with Crippen LogP contribution in [0.3, 0.4) is 0 Å². The molecule has 2 N–H and O–H groups in total. The number of piperazine rings is 1. The summed E-state index contributed by atoms with van der Waals surface area (Å²) in [5.41, 5.74) is 5.66. The van der Waals surface area contributed by atoms with Crippen LogP contribution in [0, 0.1) is 17.5 Å². The predicted octanol–water partition coefficient (Wildman–Crippen LogP) is 2.10. The normalized spacial score (nSPS) is 17.1. The minimum atomic E-state index is -4.57. The Kier molecular flexibility index (Phi) is 6.91. The smallest absolute Gasteiger partial charge is 0.349 e. The Morgan fingerprint density at radius 1 is 1.07 bits per heavy atom. The van der Waals surface area contributed by atoms with Gasteiger partial charge >= 0.3 is 6.18 Å². The molecule has 5 nitrogen and oxygen atoms in total. The van der Waals surface area contributed by atoms with Gasteiger partial charge in [-0.05, 0) is 18.1 Å². The van der Waals surface area contributed by atoms with E-state index in [1.54, 1.807) is 0 Å². The third kappa shape index (κ3) is 5.37. The lowest BCUT2D eigenvalue weighted by Crippen LogP contribution is -2.54. The first-order chi connectivity index (χ1) is 13.0. The van der Waals surface area contributed by atoms with Gasteiger partial charge < -0.3 is 15.5 Å². The third-order valence-corrected chi connectivity index (χ3v) is 4.41. The fourth-order valence-electron chi connectivity index (χ4n) is 3.04. The summed E-state index contributed by atoms with van der Waals surface area (Å²) in [6.45, 7) is 0.0380. The maximum atomic E-state index is 13.7. The van der Waals surface area contributed by atoms with Gasteiger partial charge in [-0.15, -0.1) is 0 Å². The molecule has 0 radical (unpaired) electrons. The van der Waals surface area contributed by atoms with E-state index in [4.69, 9.17) is 5.73 Å². The lowest BCUT2D eigenvalue weighted by molar-refractivity contribution is -0.133. The van der Waals surface area contributed by atoms with Crippen molar-refractivity contribution in [2.75, 3.05) is 33.2 Å². The highest BCUT2D eigenvalue weighted by atomic mass is 19.4. The van der Waals surface area contributed by atoms with Gasteiger partial charge in [-0.1, -0.05) is 0 Å². The topological polar surface area (TPSA) is 61.9 Å². The molecule has 1 aromatic carbocycles. The highest BCUT2D eigenvalue weighted by molar-refractivity contribution is 5.88. The molecular formula is C17H20F6N4O. The number of carbonyl (C=O) groups is 1. The number of rotatable bonds is 4. The zero-order valence-electron chi connectivity index (χ0n) is 15.1. The Balaban J connectivity index is 1.90. The van der Waals surface area contributed by atoms with Crippen molar-refractivity contribution in [2.45, 2.75) is 25.1 Å². The maximum absolute atomic E-state index is 13.7. The second kappa shape index (κ2) is 8.80. The molecule has 11 heteroatoms. The number of carbonyl (C=O) groups excluding carboxylic acids is 1. The van der Waals surface area contributed by atoms with Gasteiger partial charge in [-0.2, -0.15) is 13.2 Å². The highest BCUT2D eigenvalue weighted by Gasteiger charge is 2.40. The zero-order chi connectivity index (χ0) is 21.1. The number of benzene rings is 1. The van der Waals surface area contributed by atoms with E-state index >= 15 is 0 Å². The standard InChI is InChI=1S/C17H20F6N4O/c1-25-16(17(21,22)23)27-4-2-26(3-5-27)15(28)8-11(24)6-10-7-13(19)14(20)9-12(10)18/h7,9,11H,2-6,8,24H2,1H3/t11-/m1/s1. The molecule has 0 aromatic heterocycles. The fourth-order valence-corrected chi connectivity index (χ4v) is 3.04. The molecule has 1 amide bonds.